The van der Waals surface area contributed by atoms with E-state index >= 15 is 0 Å². The molecule has 4 nitrogen and oxygen atoms in total. The summed E-state index contributed by atoms with van der Waals surface area (Å²) in [5.74, 6) is 0. The largest absolute Gasteiger partial charge is 0.323 e. The van der Waals surface area contributed by atoms with Crippen LogP contribution in [0.15, 0.2) is 18.2 Å². The van der Waals surface area contributed by atoms with E-state index in [1.807, 2.05) is 24.0 Å². The third-order valence-corrected chi connectivity index (χ3v) is 4.64. The summed E-state index contributed by atoms with van der Waals surface area (Å²) in [6.07, 6.45) is 3.46. The quantitative estimate of drug-likeness (QED) is 0.836. The van der Waals surface area contributed by atoms with Crippen molar-refractivity contribution in [3.05, 3.63) is 28.8 Å². The number of urea groups is 1. The van der Waals surface area contributed by atoms with Gasteiger partial charge in [0.05, 0.1) is 0 Å². The Hall–Kier alpha value is -1.26. The van der Waals surface area contributed by atoms with E-state index in [2.05, 4.69) is 10.6 Å². The molecule has 0 aromatic heterocycles. The minimum absolute atomic E-state index is 0.0285. The molecule has 0 spiro atoms. The molecular weight excluding hydrogens is 274 g/mol. The van der Waals surface area contributed by atoms with Crippen LogP contribution in [0.25, 0.3) is 0 Å². The van der Waals surface area contributed by atoms with Gasteiger partial charge in [-0.1, -0.05) is 17.7 Å². The summed E-state index contributed by atoms with van der Waals surface area (Å²) in [6.45, 7) is 3.56. The zero-order valence-corrected chi connectivity index (χ0v) is 12.4. The number of nitrogens with zero attached hydrogens (tertiary/aromatic N) is 1. The smallest absolute Gasteiger partial charge is 0.321 e. The fourth-order valence-corrected chi connectivity index (χ4v) is 3.18. The number of hydrogen-bond acceptors (Lipinski definition) is 2. The lowest BCUT2D eigenvalue weighted by Crippen LogP contribution is -2.41. The molecule has 2 aliphatic rings. The Morgan fingerprint density at radius 1 is 1.35 bits per heavy atom. The number of fused-ring (bicyclic) bond motifs is 2. The Balaban J connectivity index is 1.65. The first kappa shape index (κ1) is 13.7. The highest BCUT2D eigenvalue weighted by atomic mass is 35.5. The van der Waals surface area contributed by atoms with E-state index in [1.165, 1.54) is 12.8 Å². The SMILES string of the molecule is Cc1ccc(NC(=O)N2CCC3CCC(C2)N3)cc1Cl. The maximum atomic E-state index is 12.3. The maximum Gasteiger partial charge on any atom is 0.321 e. The first-order chi connectivity index (χ1) is 9.61. The molecule has 2 aliphatic heterocycles. The molecule has 1 aromatic rings. The van der Waals surface area contributed by atoms with Crippen molar-refractivity contribution in [2.75, 3.05) is 18.4 Å². The van der Waals surface area contributed by atoms with Crippen molar-refractivity contribution in [3.63, 3.8) is 0 Å². The number of nitrogens with one attached hydrogen (secondary N) is 2. The first-order valence-electron chi connectivity index (χ1n) is 7.20. The molecule has 2 saturated heterocycles. The van der Waals surface area contributed by atoms with E-state index in [9.17, 15) is 4.79 Å². The van der Waals surface area contributed by atoms with Gasteiger partial charge in [-0.05, 0) is 43.9 Å². The molecule has 0 aliphatic carbocycles. The Morgan fingerprint density at radius 2 is 2.15 bits per heavy atom. The lowest BCUT2D eigenvalue weighted by atomic mass is 10.1. The topological polar surface area (TPSA) is 44.4 Å². The molecule has 2 unspecified atom stereocenters. The van der Waals surface area contributed by atoms with Crippen LogP contribution in [0.1, 0.15) is 24.8 Å². The van der Waals surface area contributed by atoms with E-state index in [0.29, 0.717) is 17.1 Å². The van der Waals surface area contributed by atoms with Gasteiger partial charge in [-0.15, -0.1) is 0 Å². The molecule has 2 amide bonds. The van der Waals surface area contributed by atoms with Gasteiger partial charge >= 0.3 is 6.03 Å². The van der Waals surface area contributed by atoms with Gasteiger partial charge < -0.3 is 15.5 Å². The maximum absolute atomic E-state index is 12.3. The minimum atomic E-state index is -0.0285. The van der Waals surface area contributed by atoms with E-state index in [0.717, 1.165) is 30.8 Å². The van der Waals surface area contributed by atoms with Crippen molar-refractivity contribution < 1.29 is 4.79 Å². The summed E-state index contributed by atoms with van der Waals surface area (Å²) in [5.41, 5.74) is 1.77. The van der Waals surface area contributed by atoms with Gasteiger partial charge in [0.15, 0.2) is 0 Å². The van der Waals surface area contributed by atoms with E-state index in [4.69, 9.17) is 11.6 Å². The highest BCUT2D eigenvalue weighted by Gasteiger charge is 2.31. The van der Waals surface area contributed by atoms with Gasteiger partial charge in [-0.2, -0.15) is 0 Å². The molecule has 2 fully saturated rings. The normalized spacial score (nSPS) is 25.4. The lowest BCUT2D eigenvalue weighted by Gasteiger charge is -2.24. The van der Waals surface area contributed by atoms with Crippen molar-refractivity contribution in [3.8, 4) is 0 Å². The van der Waals surface area contributed by atoms with Crippen molar-refractivity contribution in [1.29, 1.82) is 0 Å². The summed E-state index contributed by atoms with van der Waals surface area (Å²) in [4.78, 5) is 14.2. The van der Waals surface area contributed by atoms with E-state index in [1.54, 1.807) is 6.07 Å². The van der Waals surface area contributed by atoms with Crippen molar-refractivity contribution in [1.82, 2.24) is 10.2 Å². The average Bonchev–Trinajstić information content (AvgIpc) is 2.73. The lowest BCUT2D eigenvalue weighted by molar-refractivity contribution is 0.208. The fourth-order valence-electron chi connectivity index (χ4n) is 3.00. The van der Waals surface area contributed by atoms with Crippen molar-refractivity contribution >= 4 is 23.3 Å². The second-order valence-electron chi connectivity index (χ2n) is 5.77. The van der Waals surface area contributed by atoms with Crippen molar-refractivity contribution in [2.24, 2.45) is 0 Å². The predicted octanol–water partition coefficient (Wildman–Crippen LogP) is 3.01. The van der Waals surface area contributed by atoms with Crippen LogP contribution in [0.4, 0.5) is 10.5 Å². The van der Waals surface area contributed by atoms with Gasteiger partial charge in [-0.25, -0.2) is 4.79 Å². The second kappa shape index (κ2) is 5.62. The molecular formula is C15H20ClN3O. The van der Waals surface area contributed by atoms with Crippen LogP contribution in [0, 0.1) is 6.92 Å². The van der Waals surface area contributed by atoms with Gasteiger partial charge in [0.25, 0.3) is 0 Å². The number of amides is 2. The molecule has 1 aromatic carbocycles. The van der Waals surface area contributed by atoms with Crippen LogP contribution >= 0.6 is 11.6 Å². The molecule has 5 heteroatoms. The Kier molecular flexibility index (Phi) is 3.85. The third-order valence-electron chi connectivity index (χ3n) is 4.23. The summed E-state index contributed by atoms with van der Waals surface area (Å²) in [5, 5.41) is 7.20. The summed E-state index contributed by atoms with van der Waals surface area (Å²) in [6, 6.07) is 6.63. The van der Waals surface area contributed by atoms with Crippen LogP contribution in [-0.4, -0.2) is 36.1 Å². The Morgan fingerprint density at radius 3 is 2.95 bits per heavy atom. The number of benzene rings is 1. The Labute approximate surface area is 124 Å². The number of carbonyl (C=O) groups is 1. The van der Waals surface area contributed by atoms with Crippen molar-refractivity contribution in [2.45, 2.75) is 38.3 Å². The number of carbonyl (C=O) groups excluding carboxylic acids is 1. The Bertz CT molecular complexity index is 520. The van der Waals surface area contributed by atoms with Crippen LogP contribution in [0.5, 0.6) is 0 Å². The number of aryl methyl sites for hydroxylation is 1. The number of halogens is 1. The third kappa shape index (κ3) is 2.91. The molecule has 3 rings (SSSR count). The molecule has 2 bridgehead atoms. The summed E-state index contributed by atoms with van der Waals surface area (Å²) >= 11 is 6.09. The van der Waals surface area contributed by atoms with Crippen LogP contribution in [0.2, 0.25) is 5.02 Å². The van der Waals surface area contributed by atoms with Gasteiger partial charge in [0, 0.05) is 35.9 Å². The highest BCUT2D eigenvalue weighted by Crippen LogP contribution is 2.22. The molecule has 108 valence electrons. The zero-order valence-electron chi connectivity index (χ0n) is 11.7. The van der Waals surface area contributed by atoms with Gasteiger partial charge in [-0.3, -0.25) is 0 Å². The molecule has 2 atom stereocenters. The molecule has 2 N–H and O–H groups in total. The monoisotopic (exact) mass is 293 g/mol. The minimum Gasteiger partial charge on any atom is -0.323 e. The van der Waals surface area contributed by atoms with E-state index in [-0.39, 0.29) is 6.03 Å². The van der Waals surface area contributed by atoms with Gasteiger partial charge in [0.1, 0.15) is 0 Å². The fraction of sp³-hybridized carbons (Fsp3) is 0.533. The van der Waals surface area contributed by atoms with Crippen LogP contribution < -0.4 is 10.6 Å². The highest BCUT2D eigenvalue weighted by molar-refractivity contribution is 6.31. The molecule has 2 heterocycles. The summed E-state index contributed by atoms with van der Waals surface area (Å²) in [7, 11) is 0. The second-order valence-corrected chi connectivity index (χ2v) is 6.17. The van der Waals surface area contributed by atoms with Gasteiger partial charge in [0.2, 0.25) is 0 Å². The molecule has 0 radical (unpaired) electrons. The van der Waals surface area contributed by atoms with Crippen LogP contribution in [-0.2, 0) is 0 Å². The standard InChI is InChI=1S/C15H20ClN3O/c1-10-2-3-12(8-14(10)16)18-15(20)19-7-6-11-4-5-13(9-19)17-11/h2-3,8,11,13,17H,4-7,9H2,1H3,(H,18,20). The number of hydrogen-bond donors (Lipinski definition) is 2. The average molecular weight is 294 g/mol. The first-order valence-corrected chi connectivity index (χ1v) is 7.58. The number of rotatable bonds is 1. The van der Waals surface area contributed by atoms with E-state index < -0.39 is 0 Å². The predicted molar refractivity (Wildman–Crippen MR) is 81.3 cm³/mol. The summed E-state index contributed by atoms with van der Waals surface area (Å²) < 4.78 is 0. The molecule has 0 saturated carbocycles. The zero-order chi connectivity index (χ0) is 14.1. The van der Waals surface area contributed by atoms with Crippen LogP contribution in [0.3, 0.4) is 0 Å². The molecule has 20 heavy (non-hydrogen) atoms. The number of likely N-dealkylation sites (tertiary alicyclic amines) is 1. The number of anilines is 1.